The fourth-order valence-electron chi connectivity index (χ4n) is 2.69. The summed E-state index contributed by atoms with van der Waals surface area (Å²) in [5.74, 6) is -0.0303. The third-order valence-electron chi connectivity index (χ3n) is 3.71. The molecule has 1 aromatic heterocycles. The highest BCUT2D eigenvalue weighted by Gasteiger charge is 2.30. The Kier molecular flexibility index (Phi) is 2.75. The molecule has 104 valence electrons. The highest BCUT2D eigenvalue weighted by atomic mass is 79.9. The Morgan fingerprint density at radius 1 is 1.10 bits per heavy atom. The Balaban J connectivity index is 1.70. The molecule has 1 amide bonds. The van der Waals surface area contributed by atoms with Crippen LogP contribution in [0.5, 0.6) is 0 Å². The smallest absolute Gasteiger partial charge is 0.251 e. The van der Waals surface area contributed by atoms with Gasteiger partial charge in [-0.2, -0.15) is 0 Å². The highest BCUT2D eigenvalue weighted by Crippen LogP contribution is 2.35. The molecule has 2 heterocycles. The number of benzene rings is 2. The Bertz CT molecular complexity index is 856. The monoisotopic (exact) mass is 341 g/mol. The highest BCUT2D eigenvalue weighted by molar-refractivity contribution is 9.10. The lowest BCUT2D eigenvalue weighted by molar-refractivity contribution is -0.116. The molecule has 1 unspecified atom stereocenters. The number of nitrogens with one attached hydrogen (secondary N) is 3. The quantitative estimate of drug-likeness (QED) is 0.658. The van der Waals surface area contributed by atoms with Gasteiger partial charge in [0.1, 0.15) is 6.04 Å². The van der Waals surface area contributed by atoms with Crippen LogP contribution in [-0.2, 0) is 4.79 Å². The van der Waals surface area contributed by atoms with Crippen LogP contribution in [0.3, 0.4) is 0 Å². The third kappa shape index (κ3) is 2.10. The SMILES string of the molecule is O=C1Nc2ccc(Br)cc2C1Nc1ccc2[nH]ccc2c1. The van der Waals surface area contributed by atoms with Gasteiger partial charge in [-0.25, -0.2) is 0 Å². The second-order valence-corrected chi connectivity index (χ2v) is 5.99. The molecule has 1 aliphatic heterocycles. The molecule has 1 atom stereocenters. The summed E-state index contributed by atoms with van der Waals surface area (Å²) in [6.07, 6.45) is 1.91. The van der Waals surface area contributed by atoms with E-state index in [0.717, 1.165) is 32.3 Å². The van der Waals surface area contributed by atoms with Crippen LogP contribution in [0, 0.1) is 0 Å². The second-order valence-electron chi connectivity index (χ2n) is 5.08. The van der Waals surface area contributed by atoms with Gasteiger partial charge in [-0.1, -0.05) is 15.9 Å². The summed E-state index contributed by atoms with van der Waals surface area (Å²) in [5, 5.41) is 7.33. The molecular formula is C16H12BrN3O. The lowest BCUT2D eigenvalue weighted by Gasteiger charge is -2.13. The Hall–Kier alpha value is -2.27. The number of aromatic amines is 1. The summed E-state index contributed by atoms with van der Waals surface area (Å²) >= 11 is 3.45. The summed E-state index contributed by atoms with van der Waals surface area (Å²) in [7, 11) is 0. The number of carbonyl (C=O) groups excluding carboxylic acids is 1. The van der Waals surface area contributed by atoms with Crippen LogP contribution in [0.2, 0.25) is 0 Å². The zero-order chi connectivity index (χ0) is 14.4. The van der Waals surface area contributed by atoms with Gasteiger partial charge in [0, 0.05) is 38.5 Å². The molecule has 5 heteroatoms. The van der Waals surface area contributed by atoms with Crippen molar-refractivity contribution in [2.75, 3.05) is 10.6 Å². The summed E-state index contributed by atoms with van der Waals surface area (Å²) in [5.41, 5.74) is 3.83. The van der Waals surface area contributed by atoms with Gasteiger partial charge in [0.2, 0.25) is 0 Å². The average molecular weight is 342 g/mol. The van der Waals surface area contributed by atoms with Gasteiger partial charge in [-0.05, 0) is 42.5 Å². The summed E-state index contributed by atoms with van der Waals surface area (Å²) in [6.45, 7) is 0. The van der Waals surface area contributed by atoms with Crippen molar-refractivity contribution in [1.82, 2.24) is 4.98 Å². The van der Waals surface area contributed by atoms with Crippen LogP contribution < -0.4 is 10.6 Å². The normalized spacial score (nSPS) is 16.8. The second kappa shape index (κ2) is 4.63. The molecule has 0 fully saturated rings. The van der Waals surface area contributed by atoms with Crippen molar-refractivity contribution in [3.8, 4) is 0 Å². The fourth-order valence-corrected chi connectivity index (χ4v) is 3.06. The summed E-state index contributed by atoms with van der Waals surface area (Å²) in [6, 6.07) is 13.5. The molecule has 2 aromatic carbocycles. The number of rotatable bonds is 2. The van der Waals surface area contributed by atoms with E-state index in [2.05, 4.69) is 31.5 Å². The Morgan fingerprint density at radius 2 is 2.00 bits per heavy atom. The molecule has 0 saturated heterocycles. The number of halogens is 1. The molecule has 0 saturated carbocycles. The number of anilines is 2. The van der Waals surface area contributed by atoms with Gasteiger partial charge in [-0.15, -0.1) is 0 Å². The molecule has 4 nitrogen and oxygen atoms in total. The maximum absolute atomic E-state index is 12.2. The first-order valence-electron chi connectivity index (χ1n) is 6.65. The molecule has 0 bridgehead atoms. The van der Waals surface area contributed by atoms with Crippen molar-refractivity contribution in [3.63, 3.8) is 0 Å². The zero-order valence-electron chi connectivity index (χ0n) is 11.0. The van der Waals surface area contributed by atoms with Crippen molar-refractivity contribution in [2.24, 2.45) is 0 Å². The lowest BCUT2D eigenvalue weighted by atomic mass is 10.1. The van der Waals surface area contributed by atoms with E-state index in [1.54, 1.807) is 0 Å². The van der Waals surface area contributed by atoms with Crippen LogP contribution in [-0.4, -0.2) is 10.9 Å². The number of carbonyl (C=O) groups is 1. The molecule has 21 heavy (non-hydrogen) atoms. The molecular weight excluding hydrogens is 330 g/mol. The van der Waals surface area contributed by atoms with Crippen molar-refractivity contribution >= 4 is 44.1 Å². The minimum absolute atomic E-state index is 0.0303. The summed E-state index contributed by atoms with van der Waals surface area (Å²) in [4.78, 5) is 15.3. The Morgan fingerprint density at radius 3 is 2.90 bits per heavy atom. The lowest BCUT2D eigenvalue weighted by Crippen LogP contribution is -2.19. The molecule has 3 aromatic rings. The molecule has 0 radical (unpaired) electrons. The average Bonchev–Trinajstić information content (AvgIpc) is 3.04. The predicted molar refractivity (Wildman–Crippen MR) is 87.4 cm³/mol. The van der Waals surface area contributed by atoms with Gasteiger partial charge in [-0.3, -0.25) is 4.79 Å². The van der Waals surface area contributed by atoms with Crippen LogP contribution in [0.4, 0.5) is 11.4 Å². The van der Waals surface area contributed by atoms with Gasteiger partial charge in [0.25, 0.3) is 5.91 Å². The van der Waals surface area contributed by atoms with E-state index in [1.807, 2.05) is 48.7 Å². The first-order valence-corrected chi connectivity index (χ1v) is 7.44. The Labute approximate surface area is 129 Å². The zero-order valence-corrected chi connectivity index (χ0v) is 12.6. The van der Waals surface area contributed by atoms with E-state index in [0.29, 0.717) is 0 Å². The molecule has 1 aliphatic rings. The maximum atomic E-state index is 12.2. The number of hydrogen-bond acceptors (Lipinski definition) is 2. The molecule has 0 spiro atoms. The van der Waals surface area contributed by atoms with Crippen molar-refractivity contribution in [3.05, 3.63) is 58.7 Å². The van der Waals surface area contributed by atoms with E-state index in [1.165, 1.54) is 0 Å². The first kappa shape index (κ1) is 12.5. The first-order chi connectivity index (χ1) is 10.2. The van der Waals surface area contributed by atoms with Gasteiger partial charge >= 0.3 is 0 Å². The van der Waals surface area contributed by atoms with Gasteiger partial charge in [0.05, 0.1) is 0 Å². The standard InChI is InChI=1S/C16H12BrN3O/c17-10-1-3-14-12(8-10)15(16(21)20-14)19-11-2-4-13-9(7-11)5-6-18-13/h1-8,15,18-19H,(H,20,21). The van der Waals surface area contributed by atoms with Crippen molar-refractivity contribution in [1.29, 1.82) is 0 Å². The van der Waals surface area contributed by atoms with Crippen molar-refractivity contribution in [2.45, 2.75) is 6.04 Å². The van der Waals surface area contributed by atoms with Crippen LogP contribution in [0.15, 0.2) is 53.1 Å². The maximum Gasteiger partial charge on any atom is 0.251 e. The molecule has 0 aliphatic carbocycles. The van der Waals surface area contributed by atoms with Gasteiger partial charge < -0.3 is 15.6 Å². The topological polar surface area (TPSA) is 56.9 Å². The van der Waals surface area contributed by atoms with Gasteiger partial charge in [0.15, 0.2) is 0 Å². The van der Waals surface area contributed by atoms with E-state index in [9.17, 15) is 4.79 Å². The number of aromatic nitrogens is 1. The van der Waals surface area contributed by atoms with Crippen molar-refractivity contribution < 1.29 is 4.79 Å². The minimum Gasteiger partial charge on any atom is -0.370 e. The molecule has 3 N–H and O–H groups in total. The largest absolute Gasteiger partial charge is 0.370 e. The number of amides is 1. The van der Waals surface area contributed by atoms with E-state index in [-0.39, 0.29) is 11.9 Å². The van der Waals surface area contributed by atoms with E-state index in [4.69, 9.17) is 0 Å². The number of hydrogen-bond donors (Lipinski definition) is 3. The van der Waals surface area contributed by atoms with E-state index >= 15 is 0 Å². The third-order valence-corrected chi connectivity index (χ3v) is 4.20. The fraction of sp³-hybridized carbons (Fsp3) is 0.0625. The number of H-pyrrole nitrogens is 1. The number of fused-ring (bicyclic) bond motifs is 2. The van der Waals surface area contributed by atoms with Crippen LogP contribution >= 0.6 is 15.9 Å². The molecule has 4 rings (SSSR count). The van der Waals surface area contributed by atoms with Crippen LogP contribution in [0.1, 0.15) is 11.6 Å². The minimum atomic E-state index is -0.367. The van der Waals surface area contributed by atoms with Crippen LogP contribution in [0.25, 0.3) is 10.9 Å². The summed E-state index contributed by atoms with van der Waals surface area (Å²) < 4.78 is 0.964. The predicted octanol–water partition coefficient (Wildman–Crippen LogP) is 4.04. The van der Waals surface area contributed by atoms with E-state index < -0.39 is 0 Å².